The second kappa shape index (κ2) is 6.99. The van der Waals surface area contributed by atoms with Gasteiger partial charge in [-0.25, -0.2) is 14.5 Å². The quantitative estimate of drug-likeness (QED) is 0.192. The van der Waals surface area contributed by atoms with Crippen LogP contribution >= 0.6 is 7.82 Å². The van der Waals surface area contributed by atoms with Crippen LogP contribution in [0.2, 0.25) is 0 Å². The zero-order valence-electron chi connectivity index (χ0n) is 11.2. The minimum Gasteiger partial charge on any atom is -0.480 e. The Hall–Kier alpha value is -1.48. The molecule has 0 saturated heterocycles. The third-order valence-electron chi connectivity index (χ3n) is 2.72. The summed E-state index contributed by atoms with van der Waals surface area (Å²) >= 11 is 0. The number of phosphoric acid groups is 1. The first-order valence-electron chi connectivity index (χ1n) is 5.79. The van der Waals surface area contributed by atoms with Crippen molar-refractivity contribution < 1.29 is 33.5 Å². The minimum absolute atomic E-state index is 0.151. The number of phosphoric ester groups is 1. The summed E-state index contributed by atoms with van der Waals surface area (Å²) in [5.41, 5.74) is 1.65. The minimum atomic E-state index is -4.57. The van der Waals surface area contributed by atoms with Gasteiger partial charge < -0.3 is 19.6 Å². The molecule has 6 N–H and O–H groups in total. The molecule has 0 amide bonds. The van der Waals surface area contributed by atoms with Crippen LogP contribution in [0.25, 0.3) is 0 Å². The number of rotatable bonds is 8. The van der Waals surface area contributed by atoms with E-state index in [0.29, 0.717) is 11.3 Å². The molecule has 10 heteroatoms. The summed E-state index contributed by atoms with van der Waals surface area (Å²) in [5.74, 6) is 4.49. The van der Waals surface area contributed by atoms with Crippen molar-refractivity contribution in [3.05, 3.63) is 29.8 Å². The maximum atomic E-state index is 11.1. The molecule has 0 aliphatic heterocycles. The molecule has 9 nitrogen and oxygen atoms in total. The number of carbonyl (C=O) groups is 1. The fraction of sp³-hybridized carbons (Fsp3) is 0.364. The highest BCUT2D eigenvalue weighted by molar-refractivity contribution is 7.46. The molecule has 0 bridgehead atoms. The fourth-order valence-electron chi connectivity index (χ4n) is 1.46. The number of carboxylic acid groups (broad SMARTS) is 1. The lowest BCUT2D eigenvalue weighted by molar-refractivity contribution is -0.144. The van der Waals surface area contributed by atoms with Gasteiger partial charge in [-0.2, -0.15) is 0 Å². The van der Waals surface area contributed by atoms with Crippen molar-refractivity contribution in [2.24, 2.45) is 5.84 Å². The van der Waals surface area contributed by atoms with E-state index >= 15 is 0 Å². The second-order valence-electron chi connectivity index (χ2n) is 4.48. The Morgan fingerprint density at radius 2 is 1.95 bits per heavy atom. The number of hydrogen-bond acceptors (Lipinski definition) is 6. The summed E-state index contributed by atoms with van der Waals surface area (Å²) in [6, 6.07) is 6.28. The molecule has 0 fully saturated rings. The number of hydrazine groups is 1. The molecule has 1 aromatic carbocycles. The molecule has 0 aliphatic carbocycles. The second-order valence-corrected chi connectivity index (χ2v) is 5.72. The summed E-state index contributed by atoms with van der Waals surface area (Å²) < 4.78 is 19.5. The first-order chi connectivity index (χ1) is 9.66. The molecule has 1 atom stereocenters. The predicted octanol–water partition coefficient (Wildman–Crippen LogP) is -0.0187. The molecule has 0 unspecified atom stereocenters. The largest absolute Gasteiger partial charge is 0.480 e. The molecular weight excluding hydrogens is 303 g/mol. The fourth-order valence-corrected chi connectivity index (χ4v) is 1.65. The van der Waals surface area contributed by atoms with Crippen LogP contribution < -0.4 is 16.0 Å². The Labute approximate surface area is 120 Å². The van der Waals surface area contributed by atoms with Gasteiger partial charge in [0.05, 0.1) is 0 Å². The molecular formula is C11H17N2O7P. The van der Waals surface area contributed by atoms with Crippen LogP contribution in [0.1, 0.15) is 12.5 Å². The lowest BCUT2D eigenvalue weighted by Gasteiger charge is -2.23. The van der Waals surface area contributed by atoms with E-state index in [4.69, 9.17) is 25.5 Å². The molecule has 0 radical (unpaired) electrons. The molecule has 0 aromatic heterocycles. The monoisotopic (exact) mass is 320 g/mol. The van der Waals surface area contributed by atoms with Gasteiger partial charge in [-0.15, -0.1) is 0 Å². The van der Waals surface area contributed by atoms with E-state index in [-0.39, 0.29) is 6.42 Å². The number of carboxylic acids is 1. The first kappa shape index (κ1) is 17.6. The molecule has 21 heavy (non-hydrogen) atoms. The van der Waals surface area contributed by atoms with Gasteiger partial charge in [0.25, 0.3) is 0 Å². The summed E-state index contributed by atoms with van der Waals surface area (Å²) in [6.45, 7) is 0.856. The van der Waals surface area contributed by atoms with Crippen molar-refractivity contribution in [2.75, 3.05) is 6.79 Å². The summed E-state index contributed by atoms with van der Waals surface area (Å²) in [5, 5.41) is 9.08. The van der Waals surface area contributed by atoms with Gasteiger partial charge in [0.1, 0.15) is 11.3 Å². The molecule has 0 saturated carbocycles. The van der Waals surface area contributed by atoms with Gasteiger partial charge in [-0.1, -0.05) is 12.1 Å². The van der Waals surface area contributed by atoms with Crippen molar-refractivity contribution in [3.8, 4) is 5.75 Å². The average molecular weight is 320 g/mol. The zero-order valence-corrected chi connectivity index (χ0v) is 12.1. The van der Waals surface area contributed by atoms with Crippen molar-refractivity contribution in [1.82, 2.24) is 5.43 Å². The van der Waals surface area contributed by atoms with Crippen LogP contribution in [0, 0.1) is 0 Å². The molecule has 0 spiro atoms. The summed E-state index contributed by atoms with van der Waals surface area (Å²) in [4.78, 5) is 28.1. The van der Waals surface area contributed by atoms with Crippen molar-refractivity contribution in [3.63, 3.8) is 0 Å². The number of benzene rings is 1. The number of hydrogen-bond donors (Lipinski definition) is 5. The lowest BCUT2D eigenvalue weighted by Crippen LogP contribution is -2.54. The van der Waals surface area contributed by atoms with Crippen LogP contribution in [-0.2, 0) is 20.3 Å². The Morgan fingerprint density at radius 3 is 2.38 bits per heavy atom. The Balaban J connectivity index is 2.62. The van der Waals surface area contributed by atoms with E-state index in [2.05, 4.69) is 9.95 Å². The van der Waals surface area contributed by atoms with Gasteiger partial charge in [-0.3, -0.25) is 10.6 Å². The van der Waals surface area contributed by atoms with E-state index in [1.54, 1.807) is 12.1 Å². The summed E-state index contributed by atoms with van der Waals surface area (Å²) in [6.07, 6.45) is 0.151. The molecule has 1 aromatic rings. The van der Waals surface area contributed by atoms with E-state index in [0.717, 1.165) is 0 Å². The van der Waals surface area contributed by atoms with Crippen LogP contribution in [0.5, 0.6) is 5.75 Å². The maximum absolute atomic E-state index is 11.1. The third kappa shape index (κ3) is 5.80. The van der Waals surface area contributed by atoms with Gasteiger partial charge in [0.15, 0.2) is 6.79 Å². The SMILES string of the molecule is C[C@@](Cc1ccc(OCOP(=O)(O)O)cc1)(NN)C(=O)O. The van der Waals surface area contributed by atoms with Crippen LogP contribution in [-0.4, -0.2) is 33.2 Å². The first-order valence-corrected chi connectivity index (χ1v) is 7.32. The van der Waals surface area contributed by atoms with Crippen molar-refractivity contribution in [1.29, 1.82) is 0 Å². The smallest absolute Gasteiger partial charge is 0.472 e. The number of nitrogens with two attached hydrogens (primary N) is 1. The van der Waals surface area contributed by atoms with Crippen LogP contribution in [0.4, 0.5) is 0 Å². The van der Waals surface area contributed by atoms with Crippen LogP contribution in [0.3, 0.4) is 0 Å². The topological polar surface area (TPSA) is 151 Å². The number of nitrogens with one attached hydrogen (secondary N) is 1. The number of ether oxygens (including phenoxy) is 1. The standard InChI is InChI=1S/C11H17N2O7P/c1-11(13-12,10(14)15)6-8-2-4-9(5-3-8)19-7-20-21(16,17)18/h2-5,13H,6-7,12H2,1H3,(H,14,15)(H2,16,17,18)/t11-/m0/s1. The van der Waals surface area contributed by atoms with E-state index in [9.17, 15) is 9.36 Å². The highest BCUT2D eigenvalue weighted by Gasteiger charge is 2.31. The Morgan fingerprint density at radius 1 is 1.38 bits per heavy atom. The normalized spacial score (nSPS) is 14.5. The molecule has 1 rings (SSSR count). The third-order valence-corrected chi connectivity index (χ3v) is 3.16. The average Bonchev–Trinajstić information content (AvgIpc) is 2.39. The van der Waals surface area contributed by atoms with Gasteiger partial charge >= 0.3 is 13.8 Å². The number of aliphatic carboxylic acids is 1. The Bertz CT molecular complexity index is 530. The van der Waals surface area contributed by atoms with E-state index in [1.165, 1.54) is 19.1 Å². The maximum Gasteiger partial charge on any atom is 0.472 e. The van der Waals surface area contributed by atoms with Crippen LogP contribution in [0.15, 0.2) is 24.3 Å². The highest BCUT2D eigenvalue weighted by atomic mass is 31.2. The Kier molecular flexibility index (Phi) is 5.85. The van der Waals surface area contributed by atoms with E-state index < -0.39 is 26.1 Å². The van der Waals surface area contributed by atoms with Crippen molar-refractivity contribution in [2.45, 2.75) is 18.9 Å². The van der Waals surface area contributed by atoms with Crippen molar-refractivity contribution >= 4 is 13.8 Å². The highest BCUT2D eigenvalue weighted by Crippen LogP contribution is 2.35. The van der Waals surface area contributed by atoms with E-state index in [1.807, 2.05) is 0 Å². The van der Waals surface area contributed by atoms with Gasteiger partial charge in [0.2, 0.25) is 0 Å². The lowest BCUT2D eigenvalue weighted by atomic mass is 9.94. The van der Waals surface area contributed by atoms with Gasteiger partial charge in [0, 0.05) is 6.42 Å². The zero-order chi connectivity index (χ0) is 16.1. The van der Waals surface area contributed by atoms with Gasteiger partial charge in [-0.05, 0) is 24.6 Å². The molecule has 118 valence electrons. The molecule has 0 aliphatic rings. The summed E-state index contributed by atoms with van der Waals surface area (Å²) in [7, 11) is -4.57. The molecule has 0 heterocycles. The predicted molar refractivity (Wildman–Crippen MR) is 72.1 cm³/mol.